The van der Waals surface area contributed by atoms with E-state index in [1.54, 1.807) is 0 Å². The van der Waals surface area contributed by atoms with Gasteiger partial charge in [-0.25, -0.2) is 0 Å². The number of hydrogen-bond acceptors (Lipinski definition) is 2. The van der Waals surface area contributed by atoms with Crippen molar-refractivity contribution in [3.63, 3.8) is 0 Å². The molecule has 0 fully saturated rings. The lowest BCUT2D eigenvalue weighted by Gasteiger charge is -2.11. The van der Waals surface area contributed by atoms with Gasteiger partial charge in [-0.1, -0.05) is 84.9 Å². The first kappa shape index (κ1) is 27.7. The molecule has 0 radical (unpaired) electrons. The van der Waals surface area contributed by atoms with Crippen LogP contribution in [0.25, 0.3) is 104 Å². The average Bonchev–Trinajstić information content (AvgIpc) is 3.94. The molecule has 5 nitrogen and oxygen atoms in total. The Hall–Kier alpha value is -7.11. The first-order chi connectivity index (χ1) is 25.8. The third kappa shape index (κ3) is 3.59. The smallest absolute Gasteiger partial charge is 0.159 e. The number of nitrogens with zero attached hydrogens (tertiary/aromatic N) is 4. The van der Waals surface area contributed by atoms with Crippen LogP contribution in [0.3, 0.4) is 0 Å². The first-order valence-electron chi connectivity index (χ1n) is 17.6. The van der Waals surface area contributed by atoms with Crippen LogP contribution in [0.4, 0.5) is 0 Å². The standard InChI is InChI=1S/C47H28N4O/c1-2-11-29(12-3-1)49-39-22-21-30(27-35(39)36-28-48-26-25-40(36)49)50-37-17-7-4-14-33(37)45-41(50)23-24-42-46(45)34-15-5-8-18-38(34)51(42)43-19-10-16-32-31-13-6-9-20-44(31)52-47(32)43/h1-28H. The summed E-state index contributed by atoms with van der Waals surface area (Å²) in [5.41, 5.74) is 12.0. The summed E-state index contributed by atoms with van der Waals surface area (Å²) in [6, 6.07) is 56.5. The lowest BCUT2D eigenvalue weighted by molar-refractivity contribution is 0.666. The molecule has 0 amide bonds. The summed E-state index contributed by atoms with van der Waals surface area (Å²) >= 11 is 0. The second kappa shape index (κ2) is 10.2. The van der Waals surface area contributed by atoms with E-state index in [-0.39, 0.29) is 0 Å². The molecule has 0 unspecified atom stereocenters. The van der Waals surface area contributed by atoms with Crippen molar-refractivity contribution >= 4 is 87.4 Å². The Bertz CT molecular complexity index is 3410. The Balaban J connectivity index is 1.18. The Kier molecular flexibility index (Phi) is 5.44. The minimum atomic E-state index is 0.895. The SMILES string of the molecule is c1ccc(-n2c3ccncc3c3cc(-n4c5ccccc5c5c6c7ccccc7n(-c7cccc8c7oc7ccccc78)c6ccc54)ccc32)cc1. The number of furan rings is 1. The Labute approximate surface area is 296 Å². The molecular weight excluding hydrogens is 637 g/mol. The van der Waals surface area contributed by atoms with Crippen LogP contribution in [0.2, 0.25) is 0 Å². The van der Waals surface area contributed by atoms with Crippen molar-refractivity contribution < 1.29 is 4.42 Å². The molecule has 0 aliphatic heterocycles. The van der Waals surface area contributed by atoms with E-state index in [0.717, 1.165) is 66.5 Å². The zero-order chi connectivity index (χ0) is 33.9. The van der Waals surface area contributed by atoms with Crippen LogP contribution in [0.5, 0.6) is 0 Å². The van der Waals surface area contributed by atoms with Crippen LogP contribution >= 0.6 is 0 Å². The van der Waals surface area contributed by atoms with Gasteiger partial charge in [0.1, 0.15) is 5.58 Å². The number of aromatic nitrogens is 4. The minimum absolute atomic E-state index is 0.895. The zero-order valence-electron chi connectivity index (χ0n) is 27.9. The highest BCUT2D eigenvalue weighted by molar-refractivity contribution is 6.29. The Morgan fingerprint density at radius 3 is 1.79 bits per heavy atom. The summed E-state index contributed by atoms with van der Waals surface area (Å²) in [6.45, 7) is 0. The van der Waals surface area contributed by atoms with E-state index in [4.69, 9.17) is 4.42 Å². The van der Waals surface area contributed by atoms with Gasteiger partial charge in [-0.3, -0.25) is 4.98 Å². The molecule has 52 heavy (non-hydrogen) atoms. The second-order valence-corrected chi connectivity index (χ2v) is 13.6. The van der Waals surface area contributed by atoms with Gasteiger partial charge in [0.25, 0.3) is 0 Å². The molecule has 0 N–H and O–H groups in total. The van der Waals surface area contributed by atoms with Gasteiger partial charge in [0.15, 0.2) is 5.58 Å². The molecule has 0 spiro atoms. The van der Waals surface area contributed by atoms with Crippen LogP contribution in [-0.2, 0) is 0 Å². The van der Waals surface area contributed by atoms with Crippen LogP contribution in [0.15, 0.2) is 175 Å². The fraction of sp³-hybridized carbons (Fsp3) is 0. The number of rotatable bonds is 3. The van der Waals surface area contributed by atoms with Crippen LogP contribution < -0.4 is 0 Å². The lowest BCUT2D eigenvalue weighted by Crippen LogP contribution is -1.96. The molecule has 242 valence electrons. The zero-order valence-corrected chi connectivity index (χ0v) is 27.9. The molecule has 0 aliphatic rings. The van der Waals surface area contributed by atoms with Crippen LogP contribution in [0, 0.1) is 0 Å². The first-order valence-corrected chi connectivity index (χ1v) is 17.6. The summed E-state index contributed by atoms with van der Waals surface area (Å²) in [5.74, 6) is 0. The number of benzene rings is 7. The molecule has 0 saturated heterocycles. The van der Waals surface area contributed by atoms with Crippen molar-refractivity contribution in [3.8, 4) is 17.1 Å². The fourth-order valence-corrected chi connectivity index (χ4v) is 8.81. The molecule has 0 atom stereocenters. The normalized spacial score (nSPS) is 12.2. The van der Waals surface area contributed by atoms with Crippen molar-refractivity contribution in [2.24, 2.45) is 0 Å². The number of pyridine rings is 1. The monoisotopic (exact) mass is 664 g/mol. The van der Waals surface area contributed by atoms with Crippen LogP contribution in [-0.4, -0.2) is 18.7 Å². The minimum Gasteiger partial charge on any atom is -0.454 e. The largest absolute Gasteiger partial charge is 0.454 e. The Morgan fingerprint density at radius 2 is 0.981 bits per heavy atom. The highest BCUT2D eigenvalue weighted by atomic mass is 16.3. The molecule has 12 aromatic rings. The maximum Gasteiger partial charge on any atom is 0.159 e. The average molecular weight is 665 g/mol. The van der Waals surface area contributed by atoms with Gasteiger partial charge >= 0.3 is 0 Å². The van der Waals surface area contributed by atoms with Crippen molar-refractivity contribution in [1.82, 2.24) is 18.7 Å². The van der Waals surface area contributed by atoms with Crippen LogP contribution in [0.1, 0.15) is 0 Å². The number of para-hydroxylation sites is 5. The van der Waals surface area contributed by atoms with E-state index in [1.807, 2.05) is 18.5 Å². The van der Waals surface area contributed by atoms with Crippen molar-refractivity contribution in [2.75, 3.05) is 0 Å². The summed E-state index contributed by atoms with van der Waals surface area (Å²) in [5, 5.41) is 9.48. The summed E-state index contributed by atoms with van der Waals surface area (Å²) in [4.78, 5) is 4.55. The molecule has 5 heteroatoms. The Morgan fingerprint density at radius 1 is 0.385 bits per heavy atom. The van der Waals surface area contributed by atoms with Gasteiger partial charge in [-0.15, -0.1) is 0 Å². The van der Waals surface area contributed by atoms with Gasteiger partial charge in [0.05, 0.1) is 38.8 Å². The number of fused-ring (bicyclic) bond motifs is 13. The molecule has 5 heterocycles. The predicted molar refractivity (Wildman–Crippen MR) is 215 cm³/mol. The van der Waals surface area contributed by atoms with E-state index in [0.29, 0.717) is 0 Å². The topological polar surface area (TPSA) is 40.8 Å². The maximum absolute atomic E-state index is 6.59. The fourth-order valence-electron chi connectivity index (χ4n) is 8.81. The highest BCUT2D eigenvalue weighted by Gasteiger charge is 2.23. The van der Waals surface area contributed by atoms with Gasteiger partial charge in [0.2, 0.25) is 0 Å². The number of hydrogen-bond donors (Lipinski definition) is 0. The molecule has 0 aliphatic carbocycles. The quantitative estimate of drug-likeness (QED) is 0.189. The van der Waals surface area contributed by atoms with Gasteiger partial charge in [0, 0.05) is 66.9 Å². The molecule has 7 aromatic carbocycles. The molecular formula is C47H28N4O. The highest BCUT2D eigenvalue weighted by Crippen LogP contribution is 2.44. The predicted octanol–water partition coefficient (Wildman–Crippen LogP) is 12.3. The van der Waals surface area contributed by atoms with Crippen molar-refractivity contribution in [1.29, 1.82) is 0 Å². The van der Waals surface area contributed by atoms with E-state index in [2.05, 4.69) is 170 Å². The summed E-state index contributed by atoms with van der Waals surface area (Å²) in [7, 11) is 0. The van der Waals surface area contributed by atoms with E-state index in [9.17, 15) is 0 Å². The lowest BCUT2D eigenvalue weighted by atomic mass is 10.1. The molecule has 5 aromatic heterocycles. The van der Waals surface area contributed by atoms with E-state index >= 15 is 0 Å². The van der Waals surface area contributed by atoms with E-state index < -0.39 is 0 Å². The van der Waals surface area contributed by atoms with Crippen molar-refractivity contribution in [2.45, 2.75) is 0 Å². The molecule has 0 bridgehead atoms. The molecule has 12 rings (SSSR count). The van der Waals surface area contributed by atoms with Gasteiger partial charge < -0.3 is 18.1 Å². The van der Waals surface area contributed by atoms with Gasteiger partial charge in [-0.05, 0) is 72.8 Å². The van der Waals surface area contributed by atoms with E-state index in [1.165, 1.54) is 38.0 Å². The molecule has 0 saturated carbocycles. The van der Waals surface area contributed by atoms with Crippen molar-refractivity contribution in [3.05, 3.63) is 170 Å². The third-order valence-electron chi connectivity index (χ3n) is 10.9. The summed E-state index contributed by atoms with van der Waals surface area (Å²) < 4.78 is 13.7. The van der Waals surface area contributed by atoms with Gasteiger partial charge in [-0.2, -0.15) is 0 Å². The second-order valence-electron chi connectivity index (χ2n) is 13.6. The maximum atomic E-state index is 6.59. The third-order valence-corrected chi connectivity index (χ3v) is 10.9. The summed E-state index contributed by atoms with van der Waals surface area (Å²) in [6.07, 6.45) is 3.87.